The van der Waals surface area contributed by atoms with Gasteiger partial charge in [-0.2, -0.15) is 0 Å². The summed E-state index contributed by atoms with van der Waals surface area (Å²) in [4.78, 5) is 43.3. The van der Waals surface area contributed by atoms with E-state index < -0.39 is 37.2 Å². The van der Waals surface area contributed by atoms with E-state index in [4.69, 9.17) is 14.5 Å². The summed E-state index contributed by atoms with van der Waals surface area (Å²) in [6, 6.07) is 4.72. The normalized spacial score (nSPS) is 18.3. The molecule has 0 aliphatic carbocycles. The number of benzene rings is 1. The van der Waals surface area contributed by atoms with Crippen LogP contribution in [0.2, 0.25) is 19.6 Å². The first-order valence-corrected chi connectivity index (χ1v) is 16.4. The maximum atomic E-state index is 16.1. The van der Waals surface area contributed by atoms with Gasteiger partial charge in [-0.3, -0.25) is 10.1 Å². The van der Waals surface area contributed by atoms with E-state index in [9.17, 15) is 19.5 Å². The van der Waals surface area contributed by atoms with Gasteiger partial charge in [-0.25, -0.2) is 19.0 Å². The lowest BCUT2D eigenvalue weighted by Gasteiger charge is -2.31. The van der Waals surface area contributed by atoms with Crippen LogP contribution in [0.1, 0.15) is 50.8 Å². The molecule has 0 bridgehead atoms. The Morgan fingerprint density at radius 3 is 2.56 bits per heavy atom. The molecule has 0 radical (unpaired) electrons. The summed E-state index contributed by atoms with van der Waals surface area (Å²) in [7, 11) is -2.29. The zero-order valence-corrected chi connectivity index (χ0v) is 24.1. The Bertz CT molecular complexity index is 1640. The lowest BCUT2D eigenvalue weighted by atomic mass is 9.86. The SMILES string of the molecule is CC[C@@]1(O)C(=O)OCc2c1cc1n(c2=O)Cc2c-1nc1ccc(NC(=O)OC(C)(C)C)c(F)c1c2[Si](C)(C)C. The fraction of sp³-hybridized carbons (Fsp3) is 0.429. The minimum Gasteiger partial charge on any atom is -0.458 e. The first-order chi connectivity index (χ1) is 18.1. The fourth-order valence-electron chi connectivity index (χ4n) is 5.47. The molecule has 39 heavy (non-hydrogen) atoms. The van der Waals surface area contributed by atoms with E-state index in [1.165, 1.54) is 6.07 Å². The van der Waals surface area contributed by atoms with Gasteiger partial charge in [0.25, 0.3) is 5.56 Å². The van der Waals surface area contributed by atoms with Crippen molar-refractivity contribution >= 4 is 41.9 Å². The van der Waals surface area contributed by atoms with Gasteiger partial charge in [-0.1, -0.05) is 26.6 Å². The van der Waals surface area contributed by atoms with E-state index in [1.54, 1.807) is 44.4 Å². The third-order valence-electron chi connectivity index (χ3n) is 7.18. The number of anilines is 1. The highest BCUT2D eigenvalue weighted by atomic mass is 28.3. The second-order valence-corrected chi connectivity index (χ2v) is 17.1. The number of carbonyl (C=O) groups excluding carboxylic acids is 2. The average molecular weight is 554 g/mol. The lowest BCUT2D eigenvalue weighted by molar-refractivity contribution is -0.172. The molecule has 3 aromatic rings. The number of pyridine rings is 2. The van der Waals surface area contributed by atoms with Crippen LogP contribution in [-0.2, 0) is 33.0 Å². The molecule has 2 aliphatic rings. The van der Waals surface area contributed by atoms with Crippen LogP contribution in [0.25, 0.3) is 22.3 Å². The minimum atomic E-state index is -2.29. The third kappa shape index (κ3) is 4.24. The van der Waals surface area contributed by atoms with Gasteiger partial charge < -0.3 is 19.1 Å². The first-order valence-electron chi connectivity index (χ1n) is 12.9. The van der Waals surface area contributed by atoms with Crippen LogP contribution in [0.4, 0.5) is 14.9 Å². The Hall–Kier alpha value is -3.57. The number of amides is 1. The van der Waals surface area contributed by atoms with Gasteiger partial charge in [-0.15, -0.1) is 0 Å². The number of cyclic esters (lactones) is 1. The Balaban J connectivity index is 1.74. The minimum absolute atomic E-state index is 0.0233. The Kier molecular flexibility index (Phi) is 6.04. The number of fused-ring (bicyclic) bond motifs is 5. The second-order valence-electron chi connectivity index (χ2n) is 12.1. The Morgan fingerprint density at radius 1 is 1.26 bits per heavy atom. The highest BCUT2D eigenvalue weighted by Gasteiger charge is 2.46. The molecule has 4 heterocycles. The molecular formula is C28H32FN3O6Si. The first kappa shape index (κ1) is 27.0. The summed E-state index contributed by atoms with van der Waals surface area (Å²) < 4.78 is 28.1. The van der Waals surface area contributed by atoms with Crippen LogP contribution in [0.3, 0.4) is 0 Å². The van der Waals surface area contributed by atoms with E-state index in [-0.39, 0.29) is 41.9 Å². The van der Waals surface area contributed by atoms with Gasteiger partial charge in [0.15, 0.2) is 11.4 Å². The predicted octanol–water partition coefficient (Wildman–Crippen LogP) is 4.11. The van der Waals surface area contributed by atoms with Crippen molar-refractivity contribution < 1.29 is 28.6 Å². The molecule has 206 valence electrons. The van der Waals surface area contributed by atoms with Gasteiger partial charge in [0.1, 0.15) is 12.2 Å². The Morgan fingerprint density at radius 2 is 1.95 bits per heavy atom. The third-order valence-corrected chi connectivity index (χ3v) is 9.23. The number of hydrogen-bond donors (Lipinski definition) is 2. The number of aromatic nitrogens is 2. The molecule has 1 atom stereocenters. The summed E-state index contributed by atoms with van der Waals surface area (Å²) in [6.45, 7) is 13.0. The molecule has 0 unspecified atom stereocenters. The summed E-state index contributed by atoms with van der Waals surface area (Å²) >= 11 is 0. The Labute approximate surface area is 226 Å². The fourth-order valence-corrected chi connectivity index (χ4v) is 7.56. The molecule has 2 aliphatic heterocycles. The number of rotatable bonds is 3. The number of nitrogens with one attached hydrogen (secondary N) is 1. The zero-order valence-electron chi connectivity index (χ0n) is 23.1. The molecular weight excluding hydrogens is 521 g/mol. The smallest absolute Gasteiger partial charge is 0.412 e. The van der Waals surface area contributed by atoms with Crippen molar-refractivity contribution in [3.8, 4) is 11.4 Å². The van der Waals surface area contributed by atoms with Crippen LogP contribution >= 0.6 is 0 Å². The molecule has 1 amide bonds. The summed E-state index contributed by atoms with van der Waals surface area (Å²) in [6.07, 6.45) is -0.729. The van der Waals surface area contributed by atoms with E-state index in [0.29, 0.717) is 22.3 Å². The monoisotopic (exact) mass is 553 g/mol. The highest BCUT2D eigenvalue weighted by molar-refractivity contribution is 6.90. The van der Waals surface area contributed by atoms with Crippen molar-refractivity contribution in [1.82, 2.24) is 9.55 Å². The molecule has 2 N–H and O–H groups in total. The zero-order chi connectivity index (χ0) is 28.7. The molecule has 9 nitrogen and oxygen atoms in total. The summed E-state index contributed by atoms with van der Waals surface area (Å²) in [5, 5.41) is 14.7. The molecule has 0 fully saturated rings. The largest absolute Gasteiger partial charge is 0.458 e. The van der Waals surface area contributed by atoms with Gasteiger partial charge in [0, 0.05) is 10.9 Å². The van der Waals surface area contributed by atoms with Crippen LogP contribution in [-0.4, -0.2) is 40.4 Å². The summed E-state index contributed by atoms with van der Waals surface area (Å²) in [5.74, 6) is -1.41. The predicted molar refractivity (Wildman–Crippen MR) is 147 cm³/mol. The number of carbonyl (C=O) groups is 2. The van der Waals surface area contributed by atoms with Crippen molar-refractivity contribution in [3.05, 3.63) is 51.1 Å². The van der Waals surface area contributed by atoms with Crippen LogP contribution in [0.5, 0.6) is 0 Å². The van der Waals surface area contributed by atoms with Crippen molar-refractivity contribution in [2.45, 2.75) is 78.1 Å². The van der Waals surface area contributed by atoms with Gasteiger partial charge >= 0.3 is 12.1 Å². The molecule has 0 spiro atoms. The van der Waals surface area contributed by atoms with E-state index in [2.05, 4.69) is 25.0 Å². The molecule has 2 aromatic heterocycles. The van der Waals surface area contributed by atoms with Crippen molar-refractivity contribution in [2.24, 2.45) is 0 Å². The summed E-state index contributed by atoms with van der Waals surface area (Å²) in [5.41, 5.74) is -0.544. The highest BCUT2D eigenvalue weighted by Crippen LogP contribution is 2.39. The quantitative estimate of drug-likeness (QED) is 0.289. The number of esters is 1. The van der Waals surface area contributed by atoms with Gasteiger partial charge in [-0.05, 0) is 56.1 Å². The van der Waals surface area contributed by atoms with E-state index in [1.807, 2.05) is 0 Å². The van der Waals surface area contributed by atoms with E-state index in [0.717, 1.165) is 10.8 Å². The number of nitrogens with zero attached hydrogens (tertiary/aromatic N) is 2. The number of ether oxygens (including phenoxy) is 2. The number of halogens is 1. The maximum absolute atomic E-state index is 16.1. The van der Waals surface area contributed by atoms with Crippen LogP contribution in [0.15, 0.2) is 23.0 Å². The van der Waals surface area contributed by atoms with E-state index >= 15 is 4.39 Å². The molecule has 0 saturated heterocycles. The molecule has 11 heteroatoms. The van der Waals surface area contributed by atoms with Crippen LogP contribution < -0.4 is 16.1 Å². The number of hydrogen-bond acceptors (Lipinski definition) is 7. The van der Waals surface area contributed by atoms with Crippen molar-refractivity contribution in [3.63, 3.8) is 0 Å². The molecule has 0 saturated carbocycles. The van der Waals surface area contributed by atoms with Crippen molar-refractivity contribution in [1.29, 1.82) is 0 Å². The topological polar surface area (TPSA) is 120 Å². The van der Waals surface area contributed by atoms with Gasteiger partial charge in [0.05, 0.1) is 42.8 Å². The van der Waals surface area contributed by atoms with Gasteiger partial charge in [0.2, 0.25) is 0 Å². The molecule has 1 aromatic carbocycles. The standard InChI is InChI=1S/C28H32FN3O6Si/c1-8-28(36)16-11-19-22-14(12-32(19)24(33)15(16)13-37-25(28)34)23(39(5,6)7)20-17(30-22)9-10-18(21(20)29)31-26(35)38-27(2,3)4/h9-11,36H,8,12-13H2,1-7H3,(H,31,35)/t28-/m0/s1. The molecule has 5 rings (SSSR count). The maximum Gasteiger partial charge on any atom is 0.412 e. The average Bonchev–Trinajstić information content (AvgIpc) is 3.19. The van der Waals surface area contributed by atoms with Crippen molar-refractivity contribution in [2.75, 3.05) is 5.32 Å². The van der Waals surface area contributed by atoms with Crippen LogP contribution in [0, 0.1) is 5.82 Å². The number of aliphatic hydroxyl groups is 1. The second kappa shape index (κ2) is 8.72. The lowest BCUT2D eigenvalue weighted by Crippen LogP contribution is -2.44.